The van der Waals surface area contributed by atoms with Crippen LogP contribution in [0.4, 0.5) is 10.7 Å². The molecule has 1 atom stereocenters. The summed E-state index contributed by atoms with van der Waals surface area (Å²) in [6, 6.07) is 12.1. The average Bonchev–Trinajstić information content (AvgIpc) is 3.21. The summed E-state index contributed by atoms with van der Waals surface area (Å²) in [7, 11) is 1.60. The van der Waals surface area contributed by atoms with E-state index in [9.17, 15) is 14.7 Å². The number of benzene rings is 2. The summed E-state index contributed by atoms with van der Waals surface area (Å²) in [6.45, 7) is 0.412. The van der Waals surface area contributed by atoms with E-state index in [1.807, 2.05) is 42.5 Å². The molecule has 34 heavy (non-hydrogen) atoms. The molecule has 3 heterocycles. The van der Waals surface area contributed by atoms with Gasteiger partial charge in [0, 0.05) is 28.5 Å². The van der Waals surface area contributed by atoms with Crippen molar-refractivity contribution in [1.82, 2.24) is 29.8 Å². The minimum Gasteiger partial charge on any atom is -0.497 e. The molecule has 11 nitrogen and oxygen atoms in total. The topological polar surface area (TPSA) is 134 Å². The molecule has 1 aliphatic rings. The number of anilines is 1. The minimum absolute atomic E-state index is 0.0294. The lowest BCUT2D eigenvalue weighted by molar-refractivity contribution is -0.121. The molecule has 0 aliphatic carbocycles. The Morgan fingerprint density at radius 1 is 1.24 bits per heavy atom. The number of carboxylic acid groups (broad SMARTS) is 1. The number of fused-ring (bicyclic) bond motifs is 3. The van der Waals surface area contributed by atoms with Crippen LogP contribution < -0.4 is 15.4 Å². The number of aromatic nitrogens is 4. The zero-order valence-electron chi connectivity index (χ0n) is 18.0. The fourth-order valence-corrected chi connectivity index (χ4v) is 4.28. The molecule has 2 aromatic heterocycles. The molecule has 1 fully saturated rings. The molecule has 0 radical (unpaired) electrons. The molecule has 2 amide bonds. The van der Waals surface area contributed by atoms with Gasteiger partial charge in [-0.15, -0.1) is 5.10 Å². The van der Waals surface area contributed by atoms with Crippen LogP contribution >= 0.6 is 15.9 Å². The van der Waals surface area contributed by atoms with E-state index in [2.05, 4.69) is 31.7 Å². The molecule has 0 spiro atoms. The van der Waals surface area contributed by atoms with Gasteiger partial charge in [-0.2, -0.15) is 4.52 Å². The van der Waals surface area contributed by atoms with Gasteiger partial charge >= 0.3 is 6.09 Å². The first kappa shape index (κ1) is 21.9. The number of halogens is 1. The molecule has 12 heteroatoms. The Labute approximate surface area is 201 Å². The van der Waals surface area contributed by atoms with Crippen LogP contribution in [0.3, 0.4) is 0 Å². The second-order valence-corrected chi connectivity index (χ2v) is 8.54. The predicted octanol–water partition coefficient (Wildman–Crippen LogP) is 2.61. The van der Waals surface area contributed by atoms with E-state index < -0.39 is 12.1 Å². The summed E-state index contributed by atoms with van der Waals surface area (Å²) in [5, 5.41) is 20.7. The van der Waals surface area contributed by atoms with Crippen LogP contribution in [0.15, 0.2) is 46.9 Å². The van der Waals surface area contributed by atoms with Gasteiger partial charge in [0.1, 0.15) is 11.8 Å². The van der Waals surface area contributed by atoms with Crippen molar-refractivity contribution < 1.29 is 19.4 Å². The zero-order valence-corrected chi connectivity index (χ0v) is 19.6. The lowest BCUT2D eigenvalue weighted by Crippen LogP contribution is -2.44. The van der Waals surface area contributed by atoms with E-state index in [1.165, 1.54) is 9.42 Å². The Balaban J connectivity index is 1.63. The summed E-state index contributed by atoms with van der Waals surface area (Å²) in [5.74, 6) is 1.14. The van der Waals surface area contributed by atoms with Crippen molar-refractivity contribution >= 4 is 50.4 Å². The van der Waals surface area contributed by atoms with Gasteiger partial charge in [0.2, 0.25) is 11.9 Å². The van der Waals surface area contributed by atoms with Gasteiger partial charge in [-0.3, -0.25) is 4.79 Å². The minimum atomic E-state index is -1.09. The lowest BCUT2D eigenvalue weighted by atomic mass is 10.2. The maximum absolute atomic E-state index is 12.7. The third-order valence-corrected chi connectivity index (χ3v) is 6.22. The number of para-hydroxylation sites is 1. The van der Waals surface area contributed by atoms with Gasteiger partial charge in [0.05, 0.1) is 19.2 Å². The highest BCUT2D eigenvalue weighted by Gasteiger charge is 2.29. The number of hydrogen-bond donors (Lipinski definition) is 3. The van der Waals surface area contributed by atoms with E-state index in [1.54, 1.807) is 7.11 Å². The number of carbonyl (C=O) groups excluding carboxylic acids is 1. The highest BCUT2D eigenvalue weighted by atomic mass is 79.9. The van der Waals surface area contributed by atoms with Gasteiger partial charge in [-0.05, 0) is 52.3 Å². The SMILES string of the molecule is COc1ccc(-c2nc3c4cccc(Br)c4nc(N[C@@H]4CN(C(=O)O)CCNC4=O)n3n2)cc1. The van der Waals surface area contributed by atoms with Crippen molar-refractivity contribution in [2.24, 2.45) is 0 Å². The molecule has 5 rings (SSSR count). The van der Waals surface area contributed by atoms with E-state index in [0.717, 1.165) is 15.4 Å². The van der Waals surface area contributed by atoms with Crippen LogP contribution in [-0.2, 0) is 4.79 Å². The van der Waals surface area contributed by atoms with Crippen molar-refractivity contribution in [1.29, 1.82) is 0 Å². The number of nitrogens with zero attached hydrogens (tertiary/aromatic N) is 5. The largest absolute Gasteiger partial charge is 0.497 e. The number of ether oxygens (including phenoxy) is 1. The zero-order chi connectivity index (χ0) is 23.8. The molecule has 0 saturated carbocycles. The quantitative estimate of drug-likeness (QED) is 0.370. The van der Waals surface area contributed by atoms with Crippen molar-refractivity contribution in [3.8, 4) is 17.1 Å². The van der Waals surface area contributed by atoms with E-state index in [0.29, 0.717) is 22.7 Å². The van der Waals surface area contributed by atoms with Crippen molar-refractivity contribution in [3.63, 3.8) is 0 Å². The molecule has 3 N–H and O–H groups in total. The monoisotopic (exact) mass is 525 g/mol. The Bertz CT molecular complexity index is 1410. The summed E-state index contributed by atoms with van der Waals surface area (Å²) < 4.78 is 7.52. The van der Waals surface area contributed by atoms with Crippen LogP contribution in [-0.4, -0.2) is 74.4 Å². The van der Waals surface area contributed by atoms with Gasteiger partial charge in [-0.25, -0.2) is 14.8 Å². The average molecular weight is 526 g/mol. The highest BCUT2D eigenvalue weighted by molar-refractivity contribution is 9.10. The standard InChI is InChI=1S/C22H20BrN7O4/c1-34-13-7-5-12(6-8-13)18-27-19-14-3-2-4-15(23)17(14)26-21(30(19)28-18)25-16-11-29(22(32)33)10-9-24-20(16)31/h2-8,16H,9-11H2,1H3,(H,24,31)(H,25,26)(H,32,33)/t16-/m1/s1. The predicted molar refractivity (Wildman–Crippen MR) is 128 cm³/mol. The van der Waals surface area contributed by atoms with Crippen LogP contribution in [0.2, 0.25) is 0 Å². The number of amides is 2. The Morgan fingerprint density at radius 2 is 2.03 bits per heavy atom. The molecular formula is C22H20BrN7O4. The first-order chi connectivity index (χ1) is 16.4. The highest BCUT2D eigenvalue weighted by Crippen LogP contribution is 2.29. The van der Waals surface area contributed by atoms with Crippen LogP contribution in [0.5, 0.6) is 5.75 Å². The van der Waals surface area contributed by atoms with Gasteiger partial charge < -0.3 is 25.4 Å². The number of rotatable bonds is 4. The molecular weight excluding hydrogens is 506 g/mol. The van der Waals surface area contributed by atoms with Crippen LogP contribution in [0, 0.1) is 0 Å². The molecule has 0 bridgehead atoms. The number of hydrogen-bond acceptors (Lipinski definition) is 7. The lowest BCUT2D eigenvalue weighted by Gasteiger charge is -2.21. The maximum atomic E-state index is 12.7. The fourth-order valence-electron chi connectivity index (χ4n) is 3.83. The third-order valence-electron chi connectivity index (χ3n) is 5.58. The molecule has 0 unspecified atom stereocenters. The van der Waals surface area contributed by atoms with Gasteiger partial charge in [0.15, 0.2) is 11.5 Å². The first-order valence-electron chi connectivity index (χ1n) is 10.5. The Kier molecular flexibility index (Phi) is 5.65. The molecule has 1 aliphatic heterocycles. The molecule has 174 valence electrons. The summed E-state index contributed by atoms with van der Waals surface area (Å²) in [6.07, 6.45) is -1.09. The molecule has 2 aromatic carbocycles. The second kappa shape index (κ2) is 8.78. The number of methoxy groups -OCH3 is 1. The molecule has 4 aromatic rings. The first-order valence-corrected chi connectivity index (χ1v) is 11.3. The normalized spacial score (nSPS) is 16.4. The van der Waals surface area contributed by atoms with Gasteiger partial charge in [0.25, 0.3) is 0 Å². The number of carbonyl (C=O) groups is 2. The van der Waals surface area contributed by atoms with Crippen molar-refractivity contribution in [3.05, 3.63) is 46.9 Å². The maximum Gasteiger partial charge on any atom is 0.407 e. The Morgan fingerprint density at radius 3 is 2.76 bits per heavy atom. The third kappa shape index (κ3) is 3.96. The molecule has 1 saturated heterocycles. The number of nitrogens with one attached hydrogen (secondary N) is 2. The van der Waals surface area contributed by atoms with Gasteiger partial charge in [-0.1, -0.05) is 6.07 Å². The smallest absolute Gasteiger partial charge is 0.407 e. The van der Waals surface area contributed by atoms with E-state index in [4.69, 9.17) is 14.7 Å². The fraction of sp³-hybridized carbons (Fsp3) is 0.227. The van der Waals surface area contributed by atoms with E-state index in [-0.39, 0.29) is 31.5 Å². The van der Waals surface area contributed by atoms with E-state index >= 15 is 0 Å². The Hall–Kier alpha value is -3.93. The van der Waals surface area contributed by atoms with Crippen molar-refractivity contribution in [2.45, 2.75) is 6.04 Å². The van der Waals surface area contributed by atoms with Crippen LogP contribution in [0.25, 0.3) is 27.9 Å². The summed E-state index contributed by atoms with van der Waals surface area (Å²) in [5.41, 5.74) is 1.96. The van der Waals surface area contributed by atoms with Crippen LogP contribution in [0.1, 0.15) is 0 Å². The van der Waals surface area contributed by atoms with Crippen molar-refractivity contribution in [2.75, 3.05) is 32.1 Å². The summed E-state index contributed by atoms with van der Waals surface area (Å²) in [4.78, 5) is 34.8. The summed E-state index contributed by atoms with van der Waals surface area (Å²) >= 11 is 3.54. The second-order valence-electron chi connectivity index (χ2n) is 7.69.